The number of hydrogen-bond acceptors (Lipinski definition) is 1. The maximum Gasteiger partial charge on any atom is 0.0185 e. The van der Waals surface area contributed by atoms with Crippen LogP contribution in [0.3, 0.4) is 0 Å². The largest absolute Gasteiger partial charge is 0.306 e. The van der Waals surface area contributed by atoms with Crippen LogP contribution in [0, 0.1) is 5.41 Å². The van der Waals surface area contributed by atoms with Crippen molar-refractivity contribution in [1.82, 2.24) is 4.90 Å². The van der Waals surface area contributed by atoms with Gasteiger partial charge in [0, 0.05) is 10.5 Å². The first-order chi connectivity index (χ1) is 4.52. The second-order valence-electron chi connectivity index (χ2n) is 3.98. The van der Waals surface area contributed by atoms with E-state index in [2.05, 4.69) is 48.4 Å². The Kier molecular flexibility index (Phi) is 2.61. The smallest absolute Gasteiger partial charge is 0.0185 e. The average Bonchev–Trinajstić information content (AvgIpc) is 1.78. The molecule has 10 heavy (non-hydrogen) atoms. The molecule has 0 aromatic carbocycles. The van der Waals surface area contributed by atoms with E-state index in [1.165, 1.54) is 19.5 Å². The van der Waals surface area contributed by atoms with Crippen LogP contribution in [0.5, 0.6) is 0 Å². The number of hydrogen-bond donors (Lipinski definition) is 0. The molecule has 0 aromatic rings. The number of halogens is 1. The molecule has 0 saturated carbocycles. The lowest BCUT2D eigenvalue weighted by molar-refractivity contribution is 0.157. The summed E-state index contributed by atoms with van der Waals surface area (Å²) < 4.78 is 0.862. The summed E-state index contributed by atoms with van der Waals surface area (Å²) in [6.45, 7) is 7.25. The summed E-state index contributed by atoms with van der Waals surface area (Å²) >= 11 is 2.58. The van der Waals surface area contributed by atoms with E-state index < -0.39 is 0 Å². The Morgan fingerprint density at radius 1 is 1.50 bits per heavy atom. The molecular formula is C8H16IN. The first-order valence-corrected chi connectivity index (χ1v) is 5.09. The Hall–Kier alpha value is 0.690. The van der Waals surface area contributed by atoms with Crippen molar-refractivity contribution in [2.24, 2.45) is 5.41 Å². The predicted octanol–water partition coefficient (Wildman–Crippen LogP) is 2.15. The van der Waals surface area contributed by atoms with E-state index in [1.54, 1.807) is 0 Å². The third kappa shape index (κ3) is 1.84. The van der Waals surface area contributed by atoms with Gasteiger partial charge in [-0.15, -0.1) is 0 Å². The molecule has 1 aliphatic heterocycles. The SMILES string of the molecule is CN1CCC(I)C(C)(C)C1. The van der Waals surface area contributed by atoms with Crippen LogP contribution in [0.2, 0.25) is 0 Å². The van der Waals surface area contributed by atoms with Crippen LogP contribution in [0.15, 0.2) is 0 Å². The summed E-state index contributed by atoms with van der Waals surface area (Å²) in [6, 6.07) is 0. The standard InChI is InChI=1S/C8H16IN/c1-8(2)6-10(3)5-4-7(8)9/h7H,4-6H2,1-3H3. The monoisotopic (exact) mass is 253 g/mol. The quantitative estimate of drug-likeness (QED) is 0.472. The van der Waals surface area contributed by atoms with Gasteiger partial charge >= 0.3 is 0 Å². The highest BCUT2D eigenvalue weighted by Gasteiger charge is 2.32. The van der Waals surface area contributed by atoms with Gasteiger partial charge in [-0.2, -0.15) is 0 Å². The van der Waals surface area contributed by atoms with Crippen LogP contribution < -0.4 is 0 Å². The second kappa shape index (κ2) is 2.97. The number of rotatable bonds is 0. The van der Waals surface area contributed by atoms with E-state index in [0.717, 1.165) is 3.92 Å². The molecule has 1 atom stereocenters. The predicted molar refractivity (Wildman–Crippen MR) is 53.7 cm³/mol. The van der Waals surface area contributed by atoms with E-state index in [1.807, 2.05) is 0 Å². The van der Waals surface area contributed by atoms with Crippen molar-refractivity contribution in [2.75, 3.05) is 20.1 Å². The fourth-order valence-electron chi connectivity index (χ4n) is 1.60. The highest BCUT2D eigenvalue weighted by molar-refractivity contribution is 14.1. The third-order valence-corrected chi connectivity index (χ3v) is 4.60. The van der Waals surface area contributed by atoms with Crippen molar-refractivity contribution < 1.29 is 0 Å². The number of alkyl halides is 1. The molecular weight excluding hydrogens is 237 g/mol. The highest BCUT2D eigenvalue weighted by atomic mass is 127. The normalized spacial score (nSPS) is 34.2. The molecule has 0 amide bonds. The molecule has 1 rings (SSSR count). The average molecular weight is 253 g/mol. The first-order valence-electron chi connectivity index (χ1n) is 3.85. The van der Waals surface area contributed by atoms with E-state index in [4.69, 9.17) is 0 Å². The lowest BCUT2D eigenvalue weighted by atomic mass is 9.84. The van der Waals surface area contributed by atoms with Crippen LogP contribution in [-0.4, -0.2) is 29.0 Å². The molecule has 1 saturated heterocycles. The Morgan fingerprint density at radius 3 is 2.50 bits per heavy atom. The van der Waals surface area contributed by atoms with Gasteiger partial charge in [0.15, 0.2) is 0 Å². The summed E-state index contributed by atoms with van der Waals surface area (Å²) in [4.78, 5) is 2.43. The zero-order chi connectivity index (χ0) is 7.78. The minimum Gasteiger partial charge on any atom is -0.306 e. The zero-order valence-corrected chi connectivity index (χ0v) is 9.18. The van der Waals surface area contributed by atoms with E-state index in [9.17, 15) is 0 Å². The van der Waals surface area contributed by atoms with Crippen molar-refractivity contribution >= 4 is 22.6 Å². The molecule has 1 heterocycles. The molecule has 1 nitrogen and oxygen atoms in total. The molecule has 0 aliphatic carbocycles. The highest BCUT2D eigenvalue weighted by Crippen LogP contribution is 2.33. The van der Waals surface area contributed by atoms with Crippen LogP contribution in [-0.2, 0) is 0 Å². The van der Waals surface area contributed by atoms with E-state index >= 15 is 0 Å². The fourth-order valence-corrected chi connectivity index (χ4v) is 2.07. The molecule has 1 fully saturated rings. The Bertz CT molecular complexity index is 122. The van der Waals surface area contributed by atoms with Gasteiger partial charge in [0.2, 0.25) is 0 Å². The summed E-state index contributed by atoms with van der Waals surface area (Å²) in [5, 5.41) is 0. The van der Waals surface area contributed by atoms with Crippen LogP contribution in [0.1, 0.15) is 20.3 Å². The van der Waals surface area contributed by atoms with Crippen LogP contribution in [0.4, 0.5) is 0 Å². The molecule has 0 spiro atoms. The zero-order valence-electron chi connectivity index (χ0n) is 7.02. The molecule has 2 heteroatoms. The van der Waals surface area contributed by atoms with Gasteiger partial charge in [-0.1, -0.05) is 36.4 Å². The molecule has 0 N–H and O–H groups in total. The van der Waals surface area contributed by atoms with Gasteiger partial charge in [-0.05, 0) is 25.4 Å². The molecule has 0 aromatic heterocycles. The number of likely N-dealkylation sites (tertiary alicyclic amines) is 1. The van der Waals surface area contributed by atoms with E-state index in [0.29, 0.717) is 5.41 Å². The van der Waals surface area contributed by atoms with Gasteiger partial charge in [0.25, 0.3) is 0 Å². The second-order valence-corrected chi connectivity index (χ2v) is 5.49. The number of piperidine rings is 1. The van der Waals surface area contributed by atoms with E-state index in [-0.39, 0.29) is 0 Å². The van der Waals surface area contributed by atoms with Gasteiger partial charge < -0.3 is 4.90 Å². The third-order valence-electron chi connectivity index (χ3n) is 2.29. The summed E-state index contributed by atoms with van der Waals surface area (Å²) in [5.41, 5.74) is 0.521. The maximum atomic E-state index is 2.58. The van der Waals surface area contributed by atoms with Gasteiger partial charge in [0.05, 0.1) is 0 Å². The van der Waals surface area contributed by atoms with Crippen molar-refractivity contribution in [3.8, 4) is 0 Å². The fraction of sp³-hybridized carbons (Fsp3) is 1.00. The number of nitrogens with zero attached hydrogens (tertiary/aromatic N) is 1. The molecule has 1 unspecified atom stereocenters. The molecule has 60 valence electrons. The van der Waals surface area contributed by atoms with Gasteiger partial charge in [0.1, 0.15) is 0 Å². The van der Waals surface area contributed by atoms with Crippen molar-refractivity contribution in [2.45, 2.75) is 24.2 Å². The van der Waals surface area contributed by atoms with Gasteiger partial charge in [-0.25, -0.2) is 0 Å². The van der Waals surface area contributed by atoms with Crippen molar-refractivity contribution in [3.63, 3.8) is 0 Å². The van der Waals surface area contributed by atoms with Crippen molar-refractivity contribution in [1.29, 1.82) is 0 Å². The topological polar surface area (TPSA) is 3.24 Å². The Labute approximate surface area is 77.3 Å². The minimum absolute atomic E-state index is 0.521. The molecule has 0 radical (unpaired) electrons. The van der Waals surface area contributed by atoms with Crippen molar-refractivity contribution in [3.05, 3.63) is 0 Å². The summed E-state index contributed by atoms with van der Waals surface area (Å²) in [6.07, 6.45) is 1.35. The van der Waals surface area contributed by atoms with Gasteiger partial charge in [-0.3, -0.25) is 0 Å². The molecule has 1 aliphatic rings. The maximum absolute atomic E-state index is 2.58. The first kappa shape index (κ1) is 8.78. The lowest BCUT2D eigenvalue weighted by Crippen LogP contribution is -2.44. The minimum atomic E-state index is 0.521. The Morgan fingerprint density at radius 2 is 2.10 bits per heavy atom. The Balaban J connectivity index is 2.55. The van der Waals surface area contributed by atoms with Crippen LogP contribution in [0.25, 0.3) is 0 Å². The summed E-state index contributed by atoms with van der Waals surface area (Å²) in [7, 11) is 2.21. The summed E-state index contributed by atoms with van der Waals surface area (Å²) in [5.74, 6) is 0. The lowest BCUT2D eigenvalue weighted by Gasteiger charge is -2.40. The van der Waals surface area contributed by atoms with Crippen LogP contribution >= 0.6 is 22.6 Å². The molecule has 0 bridgehead atoms.